The van der Waals surface area contributed by atoms with Crippen molar-refractivity contribution >= 4 is 22.6 Å². The van der Waals surface area contributed by atoms with Crippen LogP contribution < -0.4 is 10.1 Å². The third kappa shape index (κ3) is 4.32. The summed E-state index contributed by atoms with van der Waals surface area (Å²) in [5.41, 5.74) is 1.41. The molecule has 1 aliphatic rings. The quantitative estimate of drug-likeness (QED) is 0.441. The number of alkyl halides is 3. The van der Waals surface area contributed by atoms with Gasteiger partial charge in [-0.25, -0.2) is 9.78 Å². The number of likely N-dealkylation sites (tertiary alicyclic amines) is 1. The molecule has 4 aromatic rings. The molecule has 2 N–H and O–H groups in total. The van der Waals surface area contributed by atoms with Crippen LogP contribution in [0.1, 0.15) is 18.0 Å². The fourth-order valence-electron chi connectivity index (χ4n) is 4.57. The molecule has 1 aromatic carbocycles. The van der Waals surface area contributed by atoms with Crippen LogP contribution in [0.3, 0.4) is 0 Å². The third-order valence-electron chi connectivity index (χ3n) is 6.10. The first kappa shape index (κ1) is 22.8. The Morgan fingerprint density at radius 1 is 1.20 bits per heavy atom. The number of benzene rings is 1. The molecule has 0 radical (unpaired) electrons. The molecule has 0 spiro atoms. The number of nitrogens with one attached hydrogen (secondary N) is 1. The maximum Gasteiger partial charge on any atom is 0.408 e. The van der Waals surface area contributed by atoms with E-state index in [1.807, 2.05) is 18.2 Å². The van der Waals surface area contributed by atoms with Crippen molar-refractivity contribution in [3.8, 4) is 17.3 Å². The number of para-hydroxylation sites is 1. The van der Waals surface area contributed by atoms with Crippen molar-refractivity contribution in [2.24, 2.45) is 0 Å². The number of rotatable bonds is 5. The van der Waals surface area contributed by atoms with Gasteiger partial charge in [-0.05, 0) is 30.2 Å². The molecule has 1 aliphatic heterocycles. The number of halogens is 3. The van der Waals surface area contributed by atoms with E-state index in [0.29, 0.717) is 34.9 Å². The van der Waals surface area contributed by atoms with Crippen LogP contribution in [0.5, 0.6) is 5.75 Å². The first-order chi connectivity index (χ1) is 16.7. The van der Waals surface area contributed by atoms with Crippen molar-refractivity contribution in [2.75, 3.05) is 20.2 Å². The van der Waals surface area contributed by atoms with Gasteiger partial charge in [-0.3, -0.25) is 9.30 Å². The van der Waals surface area contributed by atoms with Gasteiger partial charge in [0.05, 0.1) is 7.11 Å². The van der Waals surface area contributed by atoms with Crippen molar-refractivity contribution < 1.29 is 27.8 Å². The van der Waals surface area contributed by atoms with Crippen LogP contribution in [-0.4, -0.2) is 68.1 Å². The van der Waals surface area contributed by atoms with E-state index in [9.17, 15) is 18.0 Å². The Labute approximate surface area is 197 Å². The third-order valence-corrected chi connectivity index (χ3v) is 6.10. The summed E-state index contributed by atoms with van der Waals surface area (Å²) in [6, 6.07) is 9.44. The lowest BCUT2D eigenvalue weighted by atomic mass is 10.1. The molecule has 182 valence electrons. The van der Waals surface area contributed by atoms with Gasteiger partial charge in [0.25, 0.3) is 0 Å². The zero-order chi connectivity index (χ0) is 24.7. The molecule has 3 aromatic heterocycles. The van der Waals surface area contributed by atoms with Gasteiger partial charge >= 0.3 is 12.3 Å². The van der Waals surface area contributed by atoms with Crippen LogP contribution in [0.2, 0.25) is 0 Å². The summed E-state index contributed by atoms with van der Waals surface area (Å²) in [6.07, 6.45) is -4.17. The highest BCUT2D eigenvalue weighted by molar-refractivity contribution is 5.86. The van der Waals surface area contributed by atoms with E-state index in [1.54, 1.807) is 12.1 Å². The molecule has 4 heterocycles. The number of carbonyl (C=O) groups is 1. The predicted octanol–water partition coefficient (Wildman–Crippen LogP) is 3.90. The van der Waals surface area contributed by atoms with E-state index in [-0.39, 0.29) is 18.7 Å². The number of ether oxygens (including phenoxy) is 1. The van der Waals surface area contributed by atoms with Crippen molar-refractivity contribution in [2.45, 2.75) is 24.7 Å². The number of fused-ring (bicyclic) bond motifs is 2. The first-order valence-corrected chi connectivity index (χ1v) is 10.8. The Balaban J connectivity index is 1.55. The van der Waals surface area contributed by atoms with Crippen molar-refractivity contribution in [1.82, 2.24) is 29.8 Å². The fourth-order valence-corrected chi connectivity index (χ4v) is 4.57. The average molecular weight is 486 g/mol. The molecule has 0 aliphatic carbocycles. The monoisotopic (exact) mass is 486 g/mol. The van der Waals surface area contributed by atoms with Crippen LogP contribution in [-0.2, 0) is 0 Å². The molecule has 35 heavy (non-hydrogen) atoms. The van der Waals surface area contributed by atoms with Crippen LogP contribution in [0.15, 0.2) is 48.7 Å². The van der Waals surface area contributed by atoms with Gasteiger partial charge in [-0.15, -0.1) is 10.2 Å². The van der Waals surface area contributed by atoms with Gasteiger partial charge in [-0.2, -0.15) is 13.2 Å². The lowest BCUT2D eigenvalue weighted by Gasteiger charge is -2.30. The van der Waals surface area contributed by atoms with Crippen LogP contribution in [0.4, 0.5) is 18.0 Å². The van der Waals surface area contributed by atoms with Gasteiger partial charge < -0.3 is 15.2 Å². The second-order valence-corrected chi connectivity index (χ2v) is 8.32. The average Bonchev–Trinajstić information content (AvgIpc) is 3.44. The van der Waals surface area contributed by atoms with Crippen LogP contribution >= 0.6 is 0 Å². The number of pyridine rings is 2. The van der Waals surface area contributed by atoms with Gasteiger partial charge in [0.15, 0.2) is 11.5 Å². The van der Waals surface area contributed by atoms with Gasteiger partial charge in [-0.1, -0.05) is 24.3 Å². The lowest BCUT2D eigenvalue weighted by Crippen LogP contribution is -2.40. The Morgan fingerprint density at radius 3 is 2.77 bits per heavy atom. The smallest absolute Gasteiger partial charge is 0.408 e. The number of hydrogen-bond acceptors (Lipinski definition) is 6. The van der Waals surface area contributed by atoms with E-state index >= 15 is 0 Å². The van der Waals surface area contributed by atoms with Crippen molar-refractivity contribution in [3.63, 3.8) is 0 Å². The largest absolute Gasteiger partial charge is 0.494 e. The zero-order valence-electron chi connectivity index (χ0n) is 18.5. The zero-order valence-corrected chi connectivity index (χ0v) is 18.5. The predicted molar refractivity (Wildman–Crippen MR) is 120 cm³/mol. The van der Waals surface area contributed by atoms with E-state index in [1.165, 1.54) is 34.7 Å². The molecule has 2 atom stereocenters. The Kier molecular flexibility index (Phi) is 5.67. The topological polar surface area (TPSA) is 105 Å². The highest BCUT2D eigenvalue weighted by atomic mass is 19.4. The summed E-state index contributed by atoms with van der Waals surface area (Å²) < 4.78 is 49.5. The summed E-state index contributed by atoms with van der Waals surface area (Å²) in [6.45, 7) is 0.0593. The summed E-state index contributed by atoms with van der Waals surface area (Å²) >= 11 is 0. The number of carboxylic acid groups (broad SMARTS) is 1. The summed E-state index contributed by atoms with van der Waals surface area (Å²) in [5, 5.41) is 20.3. The van der Waals surface area contributed by atoms with Crippen LogP contribution in [0.25, 0.3) is 28.1 Å². The number of aromatic nitrogens is 4. The second-order valence-electron chi connectivity index (χ2n) is 8.32. The maximum atomic E-state index is 14.2. The number of hydrogen-bond donors (Lipinski definition) is 2. The fraction of sp³-hybridized carbons (Fsp3) is 0.304. The number of nitrogens with zero attached hydrogens (tertiary/aromatic N) is 5. The van der Waals surface area contributed by atoms with Gasteiger partial charge in [0.2, 0.25) is 0 Å². The number of methoxy groups -OCH3 is 1. The molecular formula is C23H21F3N6O3. The SMILES string of the molecule is COc1cccc2ccc(-c3nnc4ccc(C(N5CCC(NC(=O)O)C5)C(F)(F)F)cn34)nc12. The Bertz CT molecular complexity index is 1410. The molecule has 12 heteroatoms. The summed E-state index contributed by atoms with van der Waals surface area (Å²) in [7, 11) is 1.54. The molecule has 1 amide bonds. The molecular weight excluding hydrogens is 465 g/mol. The van der Waals surface area contributed by atoms with E-state index < -0.39 is 24.4 Å². The highest BCUT2D eigenvalue weighted by Gasteiger charge is 2.47. The normalized spacial score (nSPS) is 17.7. The van der Waals surface area contributed by atoms with Gasteiger partial charge in [0.1, 0.15) is 23.0 Å². The van der Waals surface area contributed by atoms with E-state index in [4.69, 9.17) is 9.84 Å². The minimum absolute atomic E-state index is 0.000365. The molecule has 9 nitrogen and oxygen atoms in total. The Morgan fingerprint density at radius 2 is 2.03 bits per heavy atom. The molecule has 1 saturated heterocycles. The van der Waals surface area contributed by atoms with E-state index in [2.05, 4.69) is 20.5 Å². The van der Waals surface area contributed by atoms with Gasteiger partial charge in [0, 0.05) is 30.7 Å². The molecule has 0 saturated carbocycles. The minimum atomic E-state index is -4.57. The summed E-state index contributed by atoms with van der Waals surface area (Å²) in [4.78, 5) is 16.8. The Hall–Kier alpha value is -3.93. The van der Waals surface area contributed by atoms with Crippen molar-refractivity contribution in [3.05, 3.63) is 54.2 Å². The standard InChI is InChI=1S/C23H21F3N6O3/c1-35-17-4-2-3-13-5-7-16(28-19(13)17)21-30-29-18-8-6-14(11-32(18)21)20(23(24,25)26)31-10-9-15(12-31)27-22(33)34/h2-8,11,15,20,27H,9-10,12H2,1H3,(H,33,34). The lowest BCUT2D eigenvalue weighted by molar-refractivity contribution is -0.184. The van der Waals surface area contributed by atoms with E-state index in [0.717, 1.165) is 5.39 Å². The molecule has 5 rings (SSSR count). The highest BCUT2D eigenvalue weighted by Crippen LogP contribution is 2.40. The van der Waals surface area contributed by atoms with Crippen molar-refractivity contribution in [1.29, 1.82) is 0 Å². The van der Waals surface area contributed by atoms with Crippen LogP contribution in [0, 0.1) is 0 Å². The maximum absolute atomic E-state index is 14.2. The minimum Gasteiger partial charge on any atom is -0.494 e. The molecule has 1 fully saturated rings. The molecule has 2 unspecified atom stereocenters. The summed E-state index contributed by atoms with van der Waals surface area (Å²) in [5.74, 6) is 0.858. The molecule has 0 bridgehead atoms. The first-order valence-electron chi connectivity index (χ1n) is 10.8. The number of amides is 1. The second kappa shape index (κ2) is 8.69.